The minimum absolute atomic E-state index is 0.223. The Hall–Kier alpha value is -2.37. The molecule has 4 amide bonds. The van der Waals surface area contributed by atoms with Crippen molar-refractivity contribution in [2.24, 2.45) is 0 Å². The lowest BCUT2D eigenvalue weighted by Gasteiger charge is -2.29. The summed E-state index contributed by atoms with van der Waals surface area (Å²) >= 11 is 0. The Kier molecular flexibility index (Phi) is 4.45. The fraction of sp³-hybridized carbons (Fsp3) is 0.471. The number of hydrogen-bond donors (Lipinski definition) is 1. The zero-order valence-electron chi connectivity index (χ0n) is 14.3. The van der Waals surface area contributed by atoms with E-state index in [4.69, 9.17) is 0 Å². The number of carbonyl (C=O) groups excluding carboxylic acids is 3. The van der Waals surface area contributed by atoms with Gasteiger partial charge in [0, 0.05) is 24.3 Å². The van der Waals surface area contributed by atoms with Crippen molar-refractivity contribution in [2.75, 3.05) is 18.4 Å². The van der Waals surface area contributed by atoms with Gasteiger partial charge in [-0.25, -0.2) is 4.79 Å². The van der Waals surface area contributed by atoms with Crippen molar-refractivity contribution in [3.05, 3.63) is 29.3 Å². The van der Waals surface area contributed by atoms with Crippen LogP contribution in [-0.2, 0) is 0 Å². The molecule has 0 atom stereocenters. The molecule has 2 rings (SSSR count). The zero-order valence-corrected chi connectivity index (χ0v) is 14.3. The molecule has 1 aliphatic rings. The predicted octanol–water partition coefficient (Wildman–Crippen LogP) is 2.95. The van der Waals surface area contributed by atoms with Gasteiger partial charge in [-0.2, -0.15) is 0 Å². The van der Waals surface area contributed by atoms with Gasteiger partial charge in [0.2, 0.25) is 0 Å². The third-order valence-electron chi connectivity index (χ3n) is 3.86. The van der Waals surface area contributed by atoms with Gasteiger partial charge in [-0.05, 0) is 52.8 Å². The quantitative estimate of drug-likeness (QED) is 0.871. The number of rotatable bonds is 3. The first kappa shape index (κ1) is 17.0. The van der Waals surface area contributed by atoms with Crippen LogP contribution >= 0.6 is 0 Å². The maximum Gasteiger partial charge on any atom is 0.321 e. The second kappa shape index (κ2) is 6.02. The largest absolute Gasteiger partial charge is 0.325 e. The summed E-state index contributed by atoms with van der Waals surface area (Å²) < 4.78 is 0. The number of anilines is 1. The average molecular weight is 317 g/mol. The van der Waals surface area contributed by atoms with Crippen LogP contribution in [0.1, 0.15) is 55.3 Å². The molecule has 23 heavy (non-hydrogen) atoms. The van der Waals surface area contributed by atoms with Crippen LogP contribution in [0, 0.1) is 0 Å². The van der Waals surface area contributed by atoms with Crippen LogP contribution in [0.4, 0.5) is 10.5 Å². The third-order valence-corrected chi connectivity index (χ3v) is 3.86. The van der Waals surface area contributed by atoms with E-state index in [1.165, 1.54) is 4.90 Å². The molecule has 0 aliphatic carbocycles. The molecule has 124 valence electrons. The van der Waals surface area contributed by atoms with Gasteiger partial charge < -0.3 is 10.2 Å². The van der Waals surface area contributed by atoms with Gasteiger partial charge >= 0.3 is 6.03 Å². The minimum atomic E-state index is -0.585. The van der Waals surface area contributed by atoms with Gasteiger partial charge in [0.05, 0.1) is 11.1 Å². The van der Waals surface area contributed by atoms with Crippen molar-refractivity contribution in [3.63, 3.8) is 0 Å². The Morgan fingerprint density at radius 3 is 2.17 bits per heavy atom. The van der Waals surface area contributed by atoms with E-state index in [2.05, 4.69) is 5.32 Å². The summed E-state index contributed by atoms with van der Waals surface area (Å²) in [5.74, 6) is -0.615. The molecule has 1 aliphatic heterocycles. The van der Waals surface area contributed by atoms with Crippen LogP contribution < -0.4 is 5.32 Å². The summed E-state index contributed by atoms with van der Waals surface area (Å²) in [6.45, 7) is 10.4. The molecule has 0 spiro atoms. The van der Waals surface area contributed by atoms with E-state index in [1.54, 1.807) is 23.1 Å². The number of fused-ring (bicyclic) bond motifs is 1. The molecular formula is C17H23N3O3. The van der Waals surface area contributed by atoms with E-state index < -0.39 is 5.54 Å². The number of hydrogen-bond acceptors (Lipinski definition) is 3. The van der Waals surface area contributed by atoms with Crippen LogP contribution in [0.25, 0.3) is 0 Å². The second-order valence-electron chi connectivity index (χ2n) is 6.48. The third kappa shape index (κ3) is 3.06. The molecule has 1 heterocycles. The van der Waals surface area contributed by atoms with E-state index in [0.29, 0.717) is 29.9 Å². The summed E-state index contributed by atoms with van der Waals surface area (Å²) in [5, 5.41) is 2.77. The lowest BCUT2D eigenvalue weighted by Crippen LogP contribution is -2.45. The molecule has 0 fully saturated rings. The molecule has 0 unspecified atom stereocenters. The molecule has 1 N–H and O–H groups in total. The molecule has 6 nitrogen and oxygen atoms in total. The van der Waals surface area contributed by atoms with E-state index in [-0.39, 0.29) is 17.8 Å². The first-order chi connectivity index (χ1) is 10.7. The number of urea groups is 1. The minimum Gasteiger partial charge on any atom is -0.325 e. The van der Waals surface area contributed by atoms with Gasteiger partial charge in [0.1, 0.15) is 0 Å². The number of nitrogens with zero attached hydrogens (tertiary/aromatic N) is 2. The van der Waals surface area contributed by atoms with Crippen LogP contribution in [-0.4, -0.2) is 46.3 Å². The highest BCUT2D eigenvalue weighted by Crippen LogP contribution is 2.30. The summed E-state index contributed by atoms with van der Waals surface area (Å²) in [6.07, 6.45) is 0. The van der Waals surface area contributed by atoms with Crippen molar-refractivity contribution >= 4 is 23.5 Å². The van der Waals surface area contributed by atoms with Gasteiger partial charge in [0.15, 0.2) is 0 Å². The van der Waals surface area contributed by atoms with Crippen LogP contribution in [0.2, 0.25) is 0 Å². The molecular weight excluding hydrogens is 294 g/mol. The molecule has 1 aromatic carbocycles. The molecule has 0 aromatic heterocycles. The summed E-state index contributed by atoms with van der Waals surface area (Å²) in [4.78, 5) is 39.9. The highest BCUT2D eigenvalue weighted by molar-refractivity contribution is 6.22. The van der Waals surface area contributed by atoms with E-state index >= 15 is 0 Å². The Bertz CT molecular complexity index is 658. The predicted molar refractivity (Wildman–Crippen MR) is 88.6 cm³/mol. The standard InChI is InChI=1S/C17H23N3O3/c1-6-19(7-2)16(23)18-11-8-9-12-13(10-11)15(22)20(14(12)21)17(3,4)5/h8-10H,6-7H2,1-5H3,(H,18,23). The van der Waals surface area contributed by atoms with Crippen molar-refractivity contribution < 1.29 is 14.4 Å². The van der Waals surface area contributed by atoms with E-state index in [1.807, 2.05) is 34.6 Å². The summed E-state index contributed by atoms with van der Waals surface area (Å²) in [7, 11) is 0. The number of imide groups is 1. The van der Waals surface area contributed by atoms with Crippen molar-refractivity contribution in [1.82, 2.24) is 9.80 Å². The second-order valence-corrected chi connectivity index (χ2v) is 6.48. The van der Waals surface area contributed by atoms with Gasteiger partial charge in [-0.1, -0.05) is 0 Å². The lowest BCUT2D eigenvalue weighted by molar-refractivity contribution is 0.0507. The zero-order chi connectivity index (χ0) is 17.4. The summed E-state index contributed by atoms with van der Waals surface area (Å²) in [6, 6.07) is 4.60. The van der Waals surface area contributed by atoms with Crippen LogP contribution in [0.5, 0.6) is 0 Å². The fourth-order valence-electron chi connectivity index (χ4n) is 2.64. The van der Waals surface area contributed by atoms with E-state index in [9.17, 15) is 14.4 Å². The summed E-state index contributed by atoms with van der Waals surface area (Å²) in [5.41, 5.74) is 0.642. The number of carbonyl (C=O) groups is 3. The SMILES string of the molecule is CCN(CC)C(=O)Nc1ccc2c(c1)C(=O)N(C(C)(C)C)C2=O. The van der Waals surface area contributed by atoms with Gasteiger partial charge in [-0.15, -0.1) is 0 Å². The topological polar surface area (TPSA) is 69.7 Å². The maximum atomic E-state index is 12.5. The normalized spacial score (nSPS) is 14.0. The Morgan fingerprint density at radius 2 is 1.65 bits per heavy atom. The van der Waals surface area contributed by atoms with E-state index in [0.717, 1.165) is 0 Å². The molecule has 0 bridgehead atoms. The van der Waals surface area contributed by atoms with Crippen LogP contribution in [0.3, 0.4) is 0 Å². The van der Waals surface area contributed by atoms with Gasteiger partial charge in [0.25, 0.3) is 11.8 Å². The van der Waals surface area contributed by atoms with Crippen molar-refractivity contribution in [1.29, 1.82) is 0 Å². The van der Waals surface area contributed by atoms with Crippen molar-refractivity contribution in [3.8, 4) is 0 Å². The Labute approximate surface area is 136 Å². The average Bonchev–Trinajstić information content (AvgIpc) is 2.71. The van der Waals surface area contributed by atoms with Gasteiger partial charge in [-0.3, -0.25) is 14.5 Å². The maximum absolute atomic E-state index is 12.5. The Morgan fingerprint density at radius 1 is 1.09 bits per heavy atom. The fourth-order valence-corrected chi connectivity index (χ4v) is 2.64. The first-order valence-electron chi connectivity index (χ1n) is 7.79. The first-order valence-corrected chi connectivity index (χ1v) is 7.79. The monoisotopic (exact) mass is 317 g/mol. The highest BCUT2D eigenvalue weighted by Gasteiger charge is 2.41. The number of amides is 4. The highest BCUT2D eigenvalue weighted by atomic mass is 16.2. The number of nitrogens with one attached hydrogen (secondary N) is 1. The number of benzene rings is 1. The van der Waals surface area contributed by atoms with Crippen molar-refractivity contribution in [2.45, 2.75) is 40.2 Å². The smallest absolute Gasteiger partial charge is 0.321 e. The van der Waals surface area contributed by atoms with Crippen LogP contribution in [0.15, 0.2) is 18.2 Å². The molecule has 0 saturated carbocycles. The molecule has 0 radical (unpaired) electrons. The molecule has 1 aromatic rings. The Balaban J connectivity index is 2.29. The molecule has 6 heteroatoms. The lowest BCUT2D eigenvalue weighted by atomic mass is 10.1. The molecule has 0 saturated heterocycles.